The van der Waals surface area contributed by atoms with Crippen molar-refractivity contribution < 1.29 is 0 Å². The molecule has 1 heterocycles. The minimum Gasteiger partial charge on any atom is -0.383 e. The first-order valence-corrected chi connectivity index (χ1v) is 5.39. The number of imidazole rings is 1. The third-order valence-electron chi connectivity index (χ3n) is 2.57. The molecule has 0 amide bonds. The van der Waals surface area contributed by atoms with Crippen LogP contribution in [-0.4, -0.2) is 9.55 Å². The summed E-state index contributed by atoms with van der Waals surface area (Å²) >= 11 is 0. The summed E-state index contributed by atoms with van der Waals surface area (Å²) in [6.07, 6.45) is 1.80. The smallest absolute Gasteiger partial charge is 0.132 e. The van der Waals surface area contributed by atoms with Gasteiger partial charge < -0.3 is 10.3 Å². The Morgan fingerprint density at radius 3 is 2.25 bits per heavy atom. The molecule has 0 atom stereocenters. The van der Waals surface area contributed by atoms with Gasteiger partial charge in [0.05, 0.1) is 6.33 Å². The molecule has 0 radical (unpaired) electrons. The number of rotatable bonds is 1. The van der Waals surface area contributed by atoms with Gasteiger partial charge in [-0.05, 0) is 20.8 Å². The molecule has 0 saturated carbocycles. The summed E-state index contributed by atoms with van der Waals surface area (Å²) < 4.78 is 2.00. The van der Waals surface area contributed by atoms with Crippen molar-refractivity contribution in [3.8, 4) is 11.3 Å². The van der Waals surface area contributed by atoms with Gasteiger partial charge in [0.2, 0.25) is 0 Å². The van der Waals surface area contributed by atoms with E-state index in [9.17, 15) is 0 Å². The zero-order chi connectivity index (χ0) is 11.8. The maximum atomic E-state index is 6.12. The fourth-order valence-corrected chi connectivity index (χ4v) is 1.71. The molecule has 0 fully saturated rings. The van der Waals surface area contributed by atoms with Gasteiger partial charge in [-0.25, -0.2) is 4.98 Å². The van der Waals surface area contributed by atoms with Crippen molar-refractivity contribution in [2.24, 2.45) is 0 Å². The number of benzene rings is 1. The summed E-state index contributed by atoms with van der Waals surface area (Å²) in [6.45, 7) is 6.33. The monoisotopic (exact) mass is 215 g/mol. The molecule has 3 nitrogen and oxygen atoms in total. The molecule has 0 aliphatic carbocycles. The van der Waals surface area contributed by atoms with Gasteiger partial charge in [-0.3, -0.25) is 0 Å². The van der Waals surface area contributed by atoms with Gasteiger partial charge in [-0.15, -0.1) is 0 Å². The van der Waals surface area contributed by atoms with Crippen LogP contribution in [0.1, 0.15) is 20.8 Å². The van der Waals surface area contributed by atoms with Gasteiger partial charge in [-0.1, -0.05) is 30.3 Å². The molecule has 1 aromatic heterocycles. The zero-order valence-corrected chi connectivity index (χ0v) is 9.94. The highest BCUT2D eigenvalue weighted by Crippen LogP contribution is 2.28. The summed E-state index contributed by atoms with van der Waals surface area (Å²) in [4.78, 5) is 4.39. The fraction of sp³-hybridized carbons (Fsp3) is 0.308. The molecule has 2 rings (SSSR count). The van der Waals surface area contributed by atoms with Crippen molar-refractivity contribution in [2.45, 2.75) is 26.3 Å². The largest absolute Gasteiger partial charge is 0.383 e. The van der Waals surface area contributed by atoms with E-state index in [-0.39, 0.29) is 5.54 Å². The lowest BCUT2D eigenvalue weighted by Gasteiger charge is -2.22. The maximum Gasteiger partial charge on any atom is 0.132 e. The Labute approximate surface area is 95.9 Å². The molecular formula is C13H17N3. The lowest BCUT2D eigenvalue weighted by molar-refractivity contribution is 0.402. The van der Waals surface area contributed by atoms with Gasteiger partial charge in [0.1, 0.15) is 11.5 Å². The normalized spacial score (nSPS) is 11.7. The Bertz CT molecular complexity index is 478. The molecule has 84 valence electrons. The van der Waals surface area contributed by atoms with E-state index in [1.165, 1.54) is 0 Å². The van der Waals surface area contributed by atoms with Crippen LogP contribution in [0, 0.1) is 0 Å². The standard InChI is InChI=1S/C13H17N3/c1-13(2,3)16-9-15-11(12(16)14)10-7-5-4-6-8-10/h4-9H,14H2,1-3H3. The van der Waals surface area contributed by atoms with E-state index in [0.717, 1.165) is 17.1 Å². The van der Waals surface area contributed by atoms with E-state index in [1.54, 1.807) is 6.33 Å². The van der Waals surface area contributed by atoms with Crippen LogP contribution in [0.15, 0.2) is 36.7 Å². The van der Waals surface area contributed by atoms with Crippen molar-refractivity contribution >= 4 is 5.82 Å². The van der Waals surface area contributed by atoms with Gasteiger partial charge >= 0.3 is 0 Å². The second-order valence-corrected chi connectivity index (χ2v) is 4.89. The lowest BCUT2D eigenvalue weighted by Crippen LogP contribution is -2.22. The average molecular weight is 215 g/mol. The SMILES string of the molecule is CC(C)(C)n1cnc(-c2ccccc2)c1N. The van der Waals surface area contributed by atoms with Crippen LogP contribution >= 0.6 is 0 Å². The van der Waals surface area contributed by atoms with Crippen molar-refractivity contribution in [1.82, 2.24) is 9.55 Å². The molecule has 0 aliphatic heterocycles. The second-order valence-electron chi connectivity index (χ2n) is 4.89. The highest BCUT2D eigenvalue weighted by Gasteiger charge is 2.18. The van der Waals surface area contributed by atoms with Gasteiger partial charge in [0.15, 0.2) is 0 Å². The Morgan fingerprint density at radius 1 is 1.12 bits per heavy atom. The van der Waals surface area contributed by atoms with Crippen molar-refractivity contribution in [2.75, 3.05) is 5.73 Å². The first-order chi connectivity index (χ1) is 7.50. The summed E-state index contributed by atoms with van der Waals surface area (Å²) in [7, 11) is 0. The summed E-state index contributed by atoms with van der Waals surface area (Å²) in [6, 6.07) is 10.0. The first-order valence-electron chi connectivity index (χ1n) is 5.39. The van der Waals surface area contributed by atoms with Gasteiger partial charge in [0, 0.05) is 11.1 Å². The number of hydrogen-bond acceptors (Lipinski definition) is 2. The van der Waals surface area contributed by atoms with Gasteiger partial charge in [0.25, 0.3) is 0 Å². The highest BCUT2D eigenvalue weighted by molar-refractivity contribution is 5.70. The first kappa shape index (κ1) is 10.7. The van der Waals surface area contributed by atoms with Crippen LogP contribution in [0.5, 0.6) is 0 Å². The van der Waals surface area contributed by atoms with Crippen LogP contribution in [0.2, 0.25) is 0 Å². The number of hydrogen-bond donors (Lipinski definition) is 1. The van der Waals surface area contributed by atoms with Crippen LogP contribution in [0.3, 0.4) is 0 Å². The molecule has 1 aromatic carbocycles. The van der Waals surface area contributed by atoms with E-state index in [4.69, 9.17) is 5.73 Å². The molecule has 2 N–H and O–H groups in total. The molecule has 0 bridgehead atoms. The van der Waals surface area contributed by atoms with Crippen LogP contribution in [0.25, 0.3) is 11.3 Å². The van der Waals surface area contributed by atoms with Crippen LogP contribution < -0.4 is 5.73 Å². The Kier molecular flexibility index (Phi) is 2.46. The Hall–Kier alpha value is -1.77. The zero-order valence-electron chi connectivity index (χ0n) is 9.94. The molecule has 2 aromatic rings. The molecule has 16 heavy (non-hydrogen) atoms. The van der Waals surface area contributed by atoms with Crippen molar-refractivity contribution in [3.05, 3.63) is 36.7 Å². The molecule has 0 aliphatic rings. The average Bonchev–Trinajstić information content (AvgIpc) is 2.61. The van der Waals surface area contributed by atoms with Crippen LogP contribution in [-0.2, 0) is 5.54 Å². The summed E-state index contributed by atoms with van der Waals surface area (Å²) in [5.41, 5.74) is 8.00. The molecule has 0 unspecified atom stereocenters. The van der Waals surface area contributed by atoms with E-state index < -0.39 is 0 Å². The predicted octanol–water partition coefficient (Wildman–Crippen LogP) is 2.89. The highest BCUT2D eigenvalue weighted by atomic mass is 15.2. The second kappa shape index (κ2) is 3.67. The minimum atomic E-state index is -0.0376. The third kappa shape index (κ3) is 1.81. The maximum absolute atomic E-state index is 6.12. The number of nitrogen functional groups attached to an aromatic ring is 1. The summed E-state index contributed by atoms with van der Waals surface area (Å²) in [5, 5.41) is 0. The Balaban J connectivity index is 2.50. The number of anilines is 1. The minimum absolute atomic E-state index is 0.0376. The number of nitrogens with two attached hydrogens (primary N) is 1. The number of nitrogens with zero attached hydrogens (tertiary/aromatic N) is 2. The molecule has 0 spiro atoms. The van der Waals surface area contributed by atoms with E-state index in [0.29, 0.717) is 0 Å². The van der Waals surface area contributed by atoms with Gasteiger partial charge in [-0.2, -0.15) is 0 Å². The molecule has 3 heteroatoms. The van der Waals surface area contributed by atoms with E-state index in [2.05, 4.69) is 25.8 Å². The molecule has 0 saturated heterocycles. The van der Waals surface area contributed by atoms with E-state index in [1.807, 2.05) is 34.9 Å². The number of aromatic nitrogens is 2. The Morgan fingerprint density at radius 2 is 1.75 bits per heavy atom. The van der Waals surface area contributed by atoms with Crippen LogP contribution in [0.4, 0.5) is 5.82 Å². The lowest BCUT2D eigenvalue weighted by atomic mass is 10.1. The van der Waals surface area contributed by atoms with Crippen molar-refractivity contribution in [1.29, 1.82) is 0 Å². The molecular weight excluding hydrogens is 198 g/mol. The fourth-order valence-electron chi connectivity index (χ4n) is 1.71. The van der Waals surface area contributed by atoms with E-state index >= 15 is 0 Å². The third-order valence-corrected chi connectivity index (χ3v) is 2.57. The summed E-state index contributed by atoms with van der Waals surface area (Å²) in [5.74, 6) is 0.721. The quantitative estimate of drug-likeness (QED) is 0.795. The van der Waals surface area contributed by atoms with Crippen molar-refractivity contribution in [3.63, 3.8) is 0 Å². The topological polar surface area (TPSA) is 43.8 Å². The predicted molar refractivity (Wildman–Crippen MR) is 67.1 cm³/mol.